The standard InChI is InChI=1S/C13H21N3O2S/c1-5-8-12(7-3)15-19(17,18)13-10-16(9-6-2)11(4)14-13/h3,10,12,15H,5-6,8-9H2,1-2,4H3. The van der Waals surface area contributed by atoms with Crippen molar-refractivity contribution in [1.29, 1.82) is 0 Å². The second kappa shape index (κ2) is 6.73. The predicted molar refractivity (Wildman–Crippen MR) is 75.1 cm³/mol. The third-order valence-corrected chi connectivity index (χ3v) is 4.11. The first-order valence-electron chi connectivity index (χ1n) is 6.46. The van der Waals surface area contributed by atoms with Crippen molar-refractivity contribution in [3.63, 3.8) is 0 Å². The van der Waals surface area contributed by atoms with Gasteiger partial charge in [-0.3, -0.25) is 0 Å². The van der Waals surface area contributed by atoms with Gasteiger partial charge in [0.05, 0.1) is 6.04 Å². The lowest BCUT2D eigenvalue weighted by atomic mass is 10.2. The van der Waals surface area contributed by atoms with Crippen LogP contribution in [-0.4, -0.2) is 24.0 Å². The van der Waals surface area contributed by atoms with Crippen LogP contribution >= 0.6 is 0 Å². The second-order valence-electron chi connectivity index (χ2n) is 4.45. The van der Waals surface area contributed by atoms with E-state index in [9.17, 15) is 8.42 Å². The van der Waals surface area contributed by atoms with Gasteiger partial charge >= 0.3 is 0 Å². The highest BCUT2D eigenvalue weighted by molar-refractivity contribution is 7.89. The average molecular weight is 283 g/mol. The van der Waals surface area contributed by atoms with E-state index in [0.29, 0.717) is 12.2 Å². The fraction of sp³-hybridized carbons (Fsp3) is 0.615. The SMILES string of the molecule is C#CC(CCC)NS(=O)(=O)c1cn(CCC)c(C)n1. The highest BCUT2D eigenvalue weighted by atomic mass is 32.2. The third-order valence-electron chi connectivity index (χ3n) is 2.77. The smallest absolute Gasteiger partial charge is 0.260 e. The van der Waals surface area contributed by atoms with Crippen LogP contribution in [0.1, 0.15) is 38.9 Å². The number of imidazole rings is 1. The molecular weight excluding hydrogens is 262 g/mol. The molecule has 1 rings (SSSR count). The van der Waals surface area contributed by atoms with Crippen molar-refractivity contribution in [2.24, 2.45) is 0 Å². The number of nitrogens with zero attached hydrogens (tertiary/aromatic N) is 2. The Hall–Kier alpha value is -1.32. The Morgan fingerprint density at radius 3 is 2.68 bits per heavy atom. The Morgan fingerprint density at radius 1 is 1.47 bits per heavy atom. The van der Waals surface area contributed by atoms with Gasteiger partial charge in [0, 0.05) is 12.7 Å². The van der Waals surface area contributed by atoms with E-state index < -0.39 is 16.1 Å². The largest absolute Gasteiger partial charge is 0.334 e. The number of hydrogen-bond acceptors (Lipinski definition) is 3. The van der Waals surface area contributed by atoms with Crippen LogP contribution in [-0.2, 0) is 16.6 Å². The zero-order valence-corrected chi connectivity index (χ0v) is 12.5. The number of sulfonamides is 1. The summed E-state index contributed by atoms with van der Waals surface area (Å²) in [6, 6.07) is -0.480. The summed E-state index contributed by atoms with van der Waals surface area (Å²) in [5.41, 5.74) is 0. The Kier molecular flexibility index (Phi) is 5.58. The molecule has 1 atom stereocenters. The van der Waals surface area contributed by atoms with Crippen molar-refractivity contribution in [2.75, 3.05) is 0 Å². The molecule has 5 nitrogen and oxygen atoms in total. The molecule has 19 heavy (non-hydrogen) atoms. The lowest BCUT2D eigenvalue weighted by Crippen LogP contribution is -2.33. The highest BCUT2D eigenvalue weighted by Gasteiger charge is 2.22. The number of rotatable bonds is 7. The van der Waals surface area contributed by atoms with Crippen LogP contribution in [0, 0.1) is 19.3 Å². The fourth-order valence-corrected chi connectivity index (χ4v) is 2.99. The molecule has 0 saturated heterocycles. The summed E-state index contributed by atoms with van der Waals surface area (Å²) in [4.78, 5) is 4.09. The van der Waals surface area contributed by atoms with E-state index in [-0.39, 0.29) is 5.03 Å². The van der Waals surface area contributed by atoms with Crippen molar-refractivity contribution >= 4 is 10.0 Å². The van der Waals surface area contributed by atoms with Crippen LogP contribution in [0.4, 0.5) is 0 Å². The quantitative estimate of drug-likeness (QED) is 0.774. The van der Waals surface area contributed by atoms with E-state index in [1.54, 1.807) is 13.1 Å². The number of aryl methyl sites for hydroxylation is 2. The summed E-state index contributed by atoms with van der Waals surface area (Å²) >= 11 is 0. The van der Waals surface area contributed by atoms with Crippen LogP contribution < -0.4 is 4.72 Å². The van der Waals surface area contributed by atoms with Gasteiger partial charge in [-0.05, 0) is 19.8 Å². The molecule has 106 valence electrons. The van der Waals surface area contributed by atoms with Crippen molar-refractivity contribution < 1.29 is 8.42 Å². The maximum absolute atomic E-state index is 12.2. The van der Waals surface area contributed by atoms with E-state index >= 15 is 0 Å². The van der Waals surface area contributed by atoms with Gasteiger partial charge in [0.15, 0.2) is 5.03 Å². The molecule has 0 radical (unpaired) electrons. The van der Waals surface area contributed by atoms with E-state index in [1.165, 1.54) is 0 Å². The summed E-state index contributed by atoms with van der Waals surface area (Å²) in [6.45, 7) is 6.53. The highest BCUT2D eigenvalue weighted by Crippen LogP contribution is 2.11. The van der Waals surface area contributed by atoms with E-state index in [0.717, 1.165) is 19.4 Å². The lowest BCUT2D eigenvalue weighted by molar-refractivity contribution is 0.561. The normalized spacial score (nSPS) is 13.2. The van der Waals surface area contributed by atoms with Gasteiger partial charge in [-0.25, -0.2) is 13.4 Å². The third kappa shape index (κ3) is 4.08. The first-order chi connectivity index (χ1) is 8.94. The molecular formula is C13H21N3O2S. The minimum atomic E-state index is -3.64. The summed E-state index contributed by atoms with van der Waals surface area (Å²) in [7, 11) is -3.64. The molecule has 0 bridgehead atoms. The first kappa shape index (κ1) is 15.7. The molecule has 1 aromatic heterocycles. The van der Waals surface area contributed by atoms with Crippen molar-refractivity contribution in [3.8, 4) is 12.3 Å². The molecule has 1 aromatic rings. The van der Waals surface area contributed by atoms with Gasteiger partial charge < -0.3 is 4.57 Å². The molecule has 0 aromatic carbocycles. The number of hydrogen-bond donors (Lipinski definition) is 1. The van der Waals surface area contributed by atoms with Crippen LogP contribution in [0.15, 0.2) is 11.2 Å². The average Bonchev–Trinajstić information content (AvgIpc) is 2.72. The van der Waals surface area contributed by atoms with Crippen LogP contribution in [0.2, 0.25) is 0 Å². The zero-order chi connectivity index (χ0) is 14.5. The number of aromatic nitrogens is 2. The zero-order valence-electron chi connectivity index (χ0n) is 11.7. The monoisotopic (exact) mass is 283 g/mol. The topological polar surface area (TPSA) is 64.0 Å². The molecule has 1 N–H and O–H groups in total. The number of terminal acetylenes is 1. The van der Waals surface area contributed by atoms with Gasteiger partial charge in [-0.15, -0.1) is 6.42 Å². The molecule has 6 heteroatoms. The number of nitrogens with one attached hydrogen (secondary N) is 1. The molecule has 0 aliphatic rings. The molecule has 0 spiro atoms. The van der Waals surface area contributed by atoms with Crippen molar-refractivity contribution in [1.82, 2.24) is 14.3 Å². The van der Waals surface area contributed by atoms with Gasteiger partial charge in [-0.1, -0.05) is 26.2 Å². The van der Waals surface area contributed by atoms with Crippen LogP contribution in [0.25, 0.3) is 0 Å². The lowest BCUT2D eigenvalue weighted by Gasteiger charge is -2.10. The maximum atomic E-state index is 12.2. The second-order valence-corrected chi connectivity index (χ2v) is 6.11. The Morgan fingerprint density at radius 2 is 2.16 bits per heavy atom. The van der Waals surface area contributed by atoms with Gasteiger partial charge in [0.25, 0.3) is 10.0 Å². The fourth-order valence-electron chi connectivity index (χ4n) is 1.79. The molecule has 0 amide bonds. The van der Waals surface area contributed by atoms with Crippen molar-refractivity contribution in [3.05, 3.63) is 12.0 Å². The molecule has 1 heterocycles. The van der Waals surface area contributed by atoms with Crippen LogP contribution in [0.5, 0.6) is 0 Å². The van der Waals surface area contributed by atoms with Crippen molar-refractivity contribution in [2.45, 2.75) is 57.6 Å². The van der Waals surface area contributed by atoms with E-state index in [4.69, 9.17) is 6.42 Å². The Labute approximate surface area is 115 Å². The van der Waals surface area contributed by atoms with Gasteiger partial charge in [-0.2, -0.15) is 4.72 Å². The Balaban J connectivity index is 2.94. The summed E-state index contributed by atoms with van der Waals surface area (Å²) in [5.74, 6) is 3.14. The predicted octanol–water partition coefficient (Wildman–Crippen LogP) is 1.68. The van der Waals surface area contributed by atoms with Gasteiger partial charge in [0.2, 0.25) is 0 Å². The first-order valence-corrected chi connectivity index (χ1v) is 7.95. The molecule has 1 unspecified atom stereocenters. The molecule has 0 saturated carbocycles. The summed E-state index contributed by atoms with van der Waals surface area (Å²) in [5, 5.41) is 0.0369. The molecule has 0 fully saturated rings. The van der Waals surface area contributed by atoms with E-state index in [2.05, 4.69) is 15.6 Å². The summed E-state index contributed by atoms with van der Waals surface area (Å²) < 4.78 is 28.7. The Bertz CT molecular complexity index is 555. The summed E-state index contributed by atoms with van der Waals surface area (Å²) in [6.07, 6.45) is 9.24. The maximum Gasteiger partial charge on any atom is 0.260 e. The van der Waals surface area contributed by atoms with E-state index in [1.807, 2.05) is 18.4 Å². The minimum absolute atomic E-state index is 0.0369. The molecule has 0 aliphatic heterocycles. The van der Waals surface area contributed by atoms with Crippen LogP contribution in [0.3, 0.4) is 0 Å². The minimum Gasteiger partial charge on any atom is -0.334 e. The van der Waals surface area contributed by atoms with Gasteiger partial charge in [0.1, 0.15) is 5.82 Å². The molecule has 0 aliphatic carbocycles.